The predicted octanol–water partition coefficient (Wildman–Crippen LogP) is 2.22. The van der Waals surface area contributed by atoms with E-state index in [1.54, 1.807) is 0 Å². The zero-order chi connectivity index (χ0) is 11.9. The van der Waals surface area contributed by atoms with Crippen LogP contribution in [0, 0.1) is 17.3 Å². The molecule has 0 aromatic carbocycles. The van der Waals surface area contributed by atoms with Crippen molar-refractivity contribution in [1.29, 1.82) is 0 Å². The summed E-state index contributed by atoms with van der Waals surface area (Å²) in [5.74, 6) is -0.441. The summed E-state index contributed by atoms with van der Waals surface area (Å²) >= 11 is 0. The summed E-state index contributed by atoms with van der Waals surface area (Å²) in [5.41, 5.74) is 0.494. The van der Waals surface area contributed by atoms with E-state index >= 15 is 0 Å². The lowest BCUT2D eigenvalue weighted by atomic mass is 9.85. The van der Waals surface area contributed by atoms with Crippen LogP contribution in [0.4, 0.5) is 0 Å². The van der Waals surface area contributed by atoms with E-state index < -0.39 is 5.97 Å². The summed E-state index contributed by atoms with van der Waals surface area (Å²) in [5, 5.41) is 8.93. The number of aliphatic carboxylic acids is 1. The van der Waals surface area contributed by atoms with Crippen LogP contribution in [-0.4, -0.2) is 35.1 Å². The molecule has 1 saturated heterocycles. The first-order valence-electron chi connectivity index (χ1n) is 6.36. The third-order valence-corrected chi connectivity index (χ3v) is 4.49. The smallest absolute Gasteiger partial charge is 0.306 e. The summed E-state index contributed by atoms with van der Waals surface area (Å²) in [6.07, 6.45) is 3.88. The zero-order valence-electron chi connectivity index (χ0n) is 10.6. The van der Waals surface area contributed by atoms with E-state index in [1.807, 2.05) is 6.92 Å². The fraction of sp³-hybridized carbons (Fsp3) is 0.923. The van der Waals surface area contributed by atoms with E-state index in [2.05, 4.69) is 18.7 Å². The molecule has 0 amide bonds. The standard InChI is InChI=1S/C13H23NO2/c1-9(12(15)16)10-7-14(8-10)11-4-5-13(2,3)6-11/h9-11H,4-8H2,1-3H3,(H,15,16). The Hall–Kier alpha value is -0.570. The molecule has 1 N–H and O–H groups in total. The second-order valence-electron chi connectivity index (χ2n) is 6.40. The highest BCUT2D eigenvalue weighted by Gasteiger charge is 2.42. The van der Waals surface area contributed by atoms with Crippen LogP contribution in [0.1, 0.15) is 40.0 Å². The van der Waals surface area contributed by atoms with Gasteiger partial charge in [0.05, 0.1) is 5.92 Å². The van der Waals surface area contributed by atoms with E-state index in [0.717, 1.165) is 13.1 Å². The van der Waals surface area contributed by atoms with Crippen molar-refractivity contribution in [1.82, 2.24) is 4.90 Å². The van der Waals surface area contributed by atoms with E-state index in [-0.39, 0.29) is 5.92 Å². The fourth-order valence-electron chi connectivity index (χ4n) is 3.08. The molecule has 2 atom stereocenters. The molecule has 0 bridgehead atoms. The van der Waals surface area contributed by atoms with Gasteiger partial charge in [0.1, 0.15) is 0 Å². The first-order valence-corrected chi connectivity index (χ1v) is 6.36. The SMILES string of the molecule is CC(C(=O)O)C1CN(C2CCC(C)(C)C2)C1. The van der Waals surface area contributed by atoms with Gasteiger partial charge in [-0.25, -0.2) is 0 Å². The van der Waals surface area contributed by atoms with Gasteiger partial charge in [-0.15, -0.1) is 0 Å². The monoisotopic (exact) mass is 225 g/mol. The zero-order valence-corrected chi connectivity index (χ0v) is 10.6. The van der Waals surface area contributed by atoms with Gasteiger partial charge in [-0.3, -0.25) is 9.69 Å². The molecule has 1 heterocycles. The summed E-state index contributed by atoms with van der Waals surface area (Å²) in [6.45, 7) is 8.50. The average molecular weight is 225 g/mol. The molecule has 0 aromatic rings. The molecule has 92 valence electrons. The highest BCUT2D eigenvalue weighted by atomic mass is 16.4. The van der Waals surface area contributed by atoms with Crippen LogP contribution in [-0.2, 0) is 4.79 Å². The number of carboxylic acid groups (broad SMARTS) is 1. The Morgan fingerprint density at radius 3 is 2.50 bits per heavy atom. The van der Waals surface area contributed by atoms with Gasteiger partial charge in [0.25, 0.3) is 0 Å². The Balaban J connectivity index is 1.79. The van der Waals surface area contributed by atoms with Crippen molar-refractivity contribution in [3.05, 3.63) is 0 Å². The Morgan fingerprint density at radius 2 is 2.06 bits per heavy atom. The Morgan fingerprint density at radius 1 is 1.44 bits per heavy atom. The van der Waals surface area contributed by atoms with E-state index in [0.29, 0.717) is 17.4 Å². The second-order valence-corrected chi connectivity index (χ2v) is 6.40. The van der Waals surface area contributed by atoms with Gasteiger partial charge in [0.15, 0.2) is 0 Å². The summed E-state index contributed by atoms with van der Waals surface area (Å²) in [7, 11) is 0. The third-order valence-electron chi connectivity index (χ3n) is 4.49. The molecule has 3 nitrogen and oxygen atoms in total. The minimum atomic E-state index is -0.642. The van der Waals surface area contributed by atoms with Crippen molar-refractivity contribution < 1.29 is 9.90 Å². The molecule has 2 fully saturated rings. The van der Waals surface area contributed by atoms with E-state index in [4.69, 9.17) is 5.11 Å². The van der Waals surface area contributed by atoms with Crippen LogP contribution in [0.2, 0.25) is 0 Å². The quantitative estimate of drug-likeness (QED) is 0.800. The van der Waals surface area contributed by atoms with Crippen LogP contribution in [0.3, 0.4) is 0 Å². The van der Waals surface area contributed by atoms with Gasteiger partial charge in [-0.1, -0.05) is 20.8 Å². The molecule has 2 aliphatic rings. The van der Waals surface area contributed by atoms with Crippen molar-refractivity contribution >= 4 is 5.97 Å². The van der Waals surface area contributed by atoms with Crippen LogP contribution >= 0.6 is 0 Å². The summed E-state index contributed by atoms with van der Waals surface area (Å²) in [6, 6.07) is 0.715. The lowest BCUT2D eigenvalue weighted by Crippen LogP contribution is -2.54. The maximum Gasteiger partial charge on any atom is 0.306 e. The molecule has 1 aliphatic carbocycles. The number of carbonyl (C=O) groups is 1. The number of rotatable bonds is 3. The molecule has 0 spiro atoms. The Bertz CT molecular complexity index is 282. The van der Waals surface area contributed by atoms with Crippen LogP contribution in [0.5, 0.6) is 0 Å². The number of hydrogen-bond donors (Lipinski definition) is 1. The van der Waals surface area contributed by atoms with Gasteiger partial charge in [-0.2, -0.15) is 0 Å². The van der Waals surface area contributed by atoms with Crippen LogP contribution in [0.15, 0.2) is 0 Å². The maximum absolute atomic E-state index is 10.8. The highest BCUT2D eigenvalue weighted by molar-refractivity contribution is 5.70. The number of likely N-dealkylation sites (tertiary alicyclic amines) is 1. The normalized spacial score (nSPS) is 32.3. The van der Waals surface area contributed by atoms with Crippen molar-refractivity contribution in [3.63, 3.8) is 0 Å². The van der Waals surface area contributed by atoms with Gasteiger partial charge in [-0.05, 0) is 30.6 Å². The fourth-order valence-corrected chi connectivity index (χ4v) is 3.08. The molecular formula is C13H23NO2. The minimum Gasteiger partial charge on any atom is -0.481 e. The topological polar surface area (TPSA) is 40.5 Å². The molecule has 2 unspecified atom stereocenters. The Kier molecular flexibility index (Phi) is 2.99. The maximum atomic E-state index is 10.8. The number of hydrogen-bond acceptors (Lipinski definition) is 2. The molecular weight excluding hydrogens is 202 g/mol. The van der Waals surface area contributed by atoms with E-state index in [1.165, 1.54) is 19.3 Å². The largest absolute Gasteiger partial charge is 0.481 e. The van der Waals surface area contributed by atoms with Crippen molar-refractivity contribution in [2.45, 2.75) is 46.1 Å². The van der Waals surface area contributed by atoms with Crippen LogP contribution < -0.4 is 0 Å². The van der Waals surface area contributed by atoms with Gasteiger partial charge in [0, 0.05) is 19.1 Å². The minimum absolute atomic E-state index is 0.175. The van der Waals surface area contributed by atoms with Crippen LogP contribution in [0.25, 0.3) is 0 Å². The molecule has 0 radical (unpaired) electrons. The van der Waals surface area contributed by atoms with Crippen molar-refractivity contribution in [2.24, 2.45) is 17.3 Å². The van der Waals surface area contributed by atoms with Gasteiger partial charge >= 0.3 is 5.97 Å². The summed E-state index contributed by atoms with van der Waals surface area (Å²) in [4.78, 5) is 13.3. The van der Waals surface area contributed by atoms with E-state index in [9.17, 15) is 4.79 Å². The second kappa shape index (κ2) is 4.02. The molecule has 2 rings (SSSR count). The number of nitrogens with zero attached hydrogens (tertiary/aromatic N) is 1. The molecule has 3 heteroatoms. The first kappa shape index (κ1) is 11.9. The highest BCUT2D eigenvalue weighted by Crippen LogP contribution is 2.42. The lowest BCUT2D eigenvalue weighted by Gasteiger charge is -2.45. The van der Waals surface area contributed by atoms with Gasteiger partial charge in [0.2, 0.25) is 0 Å². The Labute approximate surface area is 97.8 Å². The molecule has 1 aliphatic heterocycles. The van der Waals surface area contributed by atoms with Crippen molar-refractivity contribution in [2.75, 3.05) is 13.1 Å². The molecule has 1 saturated carbocycles. The molecule has 0 aromatic heterocycles. The van der Waals surface area contributed by atoms with Gasteiger partial charge < -0.3 is 5.11 Å². The first-order chi connectivity index (χ1) is 7.39. The predicted molar refractivity (Wildman–Crippen MR) is 63.3 cm³/mol. The average Bonchev–Trinajstić information content (AvgIpc) is 2.43. The summed E-state index contributed by atoms with van der Waals surface area (Å²) < 4.78 is 0. The van der Waals surface area contributed by atoms with Crippen molar-refractivity contribution in [3.8, 4) is 0 Å². The number of carboxylic acids is 1. The third kappa shape index (κ3) is 2.24. The lowest BCUT2D eigenvalue weighted by molar-refractivity contribution is -0.146. The molecule has 16 heavy (non-hydrogen) atoms.